The molecule has 6 nitrogen and oxygen atoms in total. The Morgan fingerprint density at radius 2 is 1.64 bits per heavy atom. The average Bonchev–Trinajstić information content (AvgIpc) is 2.60. The van der Waals surface area contributed by atoms with E-state index in [1.54, 1.807) is 0 Å². The lowest BCUT2D eigenvalue weighted by Crippen LogP contribution is -2.10. The Labute approximate surface area is 159 Å². The molecule has 0 unspecified atom stereocenters. The van der Waals surface area contributed by atoms with Crippen molar-refractivity contribution in [3.05, 3.63) is 53.2 Å². The second-order valence-electron chi connectivity index (χ2n) is 5.60. The minimum absolute atomic E-state index is 0.118. The Balaban J connectivity index is 1.90. The van der Waals surface area contributed by atoms with Crippen LogP contribution in [0.1, 0.15) is 18.3 Å². The van der Waals surface area contributed by atoms with Crippen LogP contribution in [0.25, 0.3) is 11.5 Å². The summed E-state index contributed by atoms with van der Waals surface area (Å²) in [6.45, 7) is 0.711. The molecule has 0 saturated carbocycles. The van der Waals surface area contributed by atoms with E-state index in [1.807, 2.05) is 0 Å². The van der Waals surface area contributed by atoms with Crippen molar-refractivity contribution < 1.29 is 22.0 Å². The lowest BCUT2D eigenvalue weighted by atomic mass is 10.2. The molecule has 3 rings (SSSR count). The van der Waals surface area contributed by atoms with Crippen LogP contribution in [0.15, 0.2) is 36.5 Å². The van der Waals surface area contributed by atoms with Crippen molar-refractivity contribution in [3.8, 4) is 11.5 Å². The van der Waals surface area contributed by atoms with Gasteiger partial charge in [-0.3, -0.25) is 4.98 Å². The summed E-state index contributed by atoms with van der Waals surface area (Å²) < 4.78 is 64.9. The first kappa shape index (κ1) is 19.8. The van der Waals surface area contributed by atoms with E-state index in [9.17, 15) is 22.0 Å². The number of hydrogen-bond donors (Lipinski definition) is 1. The van der Waals surface area contributed by atoms with Gasteiger partial charge in [0.2, 0.25) is 11.2 Å². The van der Waals surface area contributed by atoms with E-state index in [4.69, 9.17) is 11.6 Å². The van der Waals surface area contributed by atoms with Crippen molar-refractivity contribution in [2.75, 3.05) is 5.32 Å². The maximum atomic E-state index is 13.2. The monoisotopic (exact) mass is 416 g/mol. The lowest BCUT2D eigenvalue weighted by Gasteiger charge is -2.11. The molecule has 1 N–H and O–H groups in total. The number of nitrogens with zero attached hydrogens (tertiary/aromatic N) is 5. The average molecular weight is 417 g/mol. The summed E-state index contributed by atoms with van der Waals surface area (Å²) in [5, 5.41) is 2.38. The highest BCUT2D eigenvalue weighted by atomic mass is 35.5. The number of pyridine rings is 2. The second kappa shape index (κ2) is 7.23. The van der Waals surface area contributed by atoms with Gasteiger partial charge in [-0.05, 0) is 35.9 Å². The molecule has 0 aliphatic rings. The first-order valence-corrected chi connectivity index (χ1v) is 7.98. The van der Waals surface area contributed by atoms with Gasteiger partial charge in [0.1, 0.15) is 17.1 Å². The predicted octanol–water partition coefficient (Wildman–Crippen LogP) is 4.86. The second-order valence-corrected chi connectivity index (χ2v) is 5.94. The van der Waals surface area contributed by atoms with Crippen LogP contribution >= 0.6 is 11.6 Å². The Bertz CT molecular complexity index is 988. The highest BCUT2D eigenvalue weighted by Gasteiger charge is 2.32. The number of hydrogen-bond acceptors (Lipinski definition) is 6. The molecule has 0 aliphatic carbocycles. The van der Waals surface area contributed by atoms with Crippen molar-refractivity contribution in [3.63, 3.8) is 0 Å². The van der Waals surface area contributed by atoms with Gasteiger partial charge >= 0.3 is 6.18 Å². The van der Waals surface area contributed by atoms with E-state index in [1.165, 1.54) is 12.1 Å². The topological polar surface area (TPSA) is 76.5 Å². The number of nitrogens with one attached hydrogen (secondary N) is 1. The Morgan fingerprint density at radius 1 is 0.893 bits per heavy atom. The molecule has 0 radical (unpaired) electrons. The van der Waals surface area contributed by atoms with Crippen LogP contribution in [-0.2, 0) is 12.1 Å². The van der Waals surface area contributed by atoms with Crippen LogP contribution in [0.3, 0.4) is 0 Å². The van der Waals surface area contributed by atoms with Gasteiger partial charge in [0, 0.05) is 6.92 Å². The van der Waals surface area contributed by atoms with E-state index in [-0.39, 0.29) is 28.4 Å². The third-order valence-electron chi connectivity index (χ3n) is 3.35. The Kier molecular flexibility index (Phi) is 5.11. The first-order chi connectivity index (χ1) is 13.0. The van der Waals surface area contributed by atoms with E-state index in [0.717, 1.165) is 24.4 Å². The molecule has 0 bridgehead atoms. The van der Waals surface area contributed by atoms with Crippen LogP contribution in [0.2, 0.25) is 5.28 Å². The fourth-order valence-corrected chi connectivity index (χ4v) is 2.25. The van der Waals surface area contributed by atoms with Crippen LogP contribution < -0.4 is 5.32 Å². The van der Waals surface area contributed by atoms with E-state index >= 15 is 0 Å². The van der Waals surface area contributed by atoms with Crippen LogP contribution in [0.5, 0.6) is 0 Å². The first-order valence-electron chi connectivity index (χ1n) is 7.60. The highest BCUT2D eigenvalue weighted by molar-refractivity contribution is 6.28. The fraction of sp³-hybridized carbons (Fsp3) is 0.188. The lowest BCUT2D eigenvalue weighted by molar-refractivity contribution is -0.141. The number of aromatic nitrogens is 5. The van der Waals surface area contributed by atoms with Crippen LogP contribution in [-0.4, -0.2) is 24.9 Å². The molecule has 0 aliphatic heterocycles. The maximum Gasteiger partial charge on any atom is 0.433 e. The van der Waals surface area contributed by atoms with Gasteiger partial charge in [-0.2, -0.15) is 36.9 Å². The number of rotatable bonds is 4. The molecule has 0 saturated heterocycles. The van der Waals surface area contributed by atoms with Crippen molar-refractivity contribution in [1.29, 1.82) is 0 Å². The van der Waals surface area contributed by atoms with Crippen molar-refractivity contribution in [2.45, 2.75) is 19.0 Å². The van der Waals surface area contributed by atoms with Crippen molar-refractivity contribution in [1.82, 2.24) is 24.9 Å². The van der Waals surface area contributed by atoms with Crippen molar-refractivity contribution in [2.24, 2.45) is 0 Å². The molecular weight excluding hydrogens is 407 g/mol. The zero-order valence-electron chi connectivity index (χ0n) is 14.0. The smallest absolute Gasteiger partial charge is 0.323 e. The molecule has 146 valence electrons. The number of halogens is 6. The molecule has 0 spiro atoms. The summed E-state index contributed by atoms with van der Waals surface area (Å²) in [6.07, 6.45) is -3.50. The molecule has 3 aromatic rings. The molecule has 0 amide bonds. The van der Waals surface area contributed by atoms with E-state index in [2.05, 4.69) is 30.2 Å². The number of anilines is 2. The third kappa shape index (κ3) is 4.66. The summed E-state index contributed by atoms with van der Waals surface area (Å²) in [5.41, 5.74) is -1.45. The molecule has 12 heteroatoms. The van der Waals surface area contributed by atoms with Gasteiger partial charge in [0.25, 0.3) is 5.92 Å². The van der Waals surface area contributed by atoms with Gasteiger partial charge in [-0.25, -0.2) is 4.98 Å². The largest absolute Gasteiger partial charge is 0.433 e. The Hall–Kier alpha value is -2.95. The quantitative estimate of drug-likeness (QED) is 0.612. The van der Waals surface area contributed by atoms with Crippen LogP contribution in [0.4, 0.5) is 33.6 Å². The molecule has 0 atom stereocenters. The van der Waals surface area contributed by atoms with E-state index < -0.39 is 23.5 Å². The maximum absolute atomic E-state index is 13.2. The molecule has 3 aromatic heterocycles. The fourth-order valence-electron chi connectivity index (χ4n) is 2.09. The Morgan fingerprint density at radius 3 is 2.25 bits per heavy atom. The van der Waals surface area contributed by atoms with E-state index in [0.29, 0.717) is 6.92 Å². The van der Waals surface area contributed by atoms with Crippen LogP contribution in [0, 0.1) is 0 Å². The molecule has 3 heterocycles. The standard InChI is InChI=1S/C16H10ClF5N6/c1-15(18,19)10-6-5-8(7-23-10)24-14-27-12(26-13(17)28-14)9-3-2-4-11(25-9)16(20,21)22/h2-7H,1H3,(H,24,26,27,28). The summed E-state index contributed by atoms with van der Waals surface area (Å²) in [7, 11) is 0. The SMILES string of the molecule is CC(F)(F)c1ccc(Nc2nc(Cl)nc(-c3cccc(C(F)(F)F)n3)n2)cn1. The van der Waals surface area contributed by atoms with Gasteiger partial charge in [-0.1, -0.05) is 6.07 Å². The summed E-state index contributed by atoms with van der Waals surface area (Å²) in [4.78, 5) is 18.7. The molecule has 28 heavy (non-hydrogen) atoms. The molecule has 0 fully saturated rings. The molecule has 0 aromatic carbocycles. The minimum atomic E-state index is -4.64. The molecular formula is C16H10ClF5N6. The zero-order valence-corrected chi connectivity index (χ0v) is 14.7. The number of alkyl halides is 5. The van der Waals surface area contributed by atoms with Crippen molar-refractivity contribution >= 4 is 23.2 Å². The normalized spacial score (nSPS) is 12.1. The summed E-state index contributed by atoms with van der Waals surface area (Å²) in [6, 6.07) is 5.68. The van der Waals surface area contributed by atoms with Gasteiger partial charge < -0.3 is 5.32 Å². The minimum Gasteiger partial charge on any atom is -0.323 e. The highest BCUT2D eigenvalue weighted by Crippen LogP contribution is 2.29. The van der Waals surface area contributed by atoms with Gasteiger partial charge in [0.05, 0.1) is 11.9 Å². The summed E-state index contributed by atoms with van der Waals surface area (Å²) in [5.74, 6) is -3.41. The summed E-state index contributed by atoms with van der Waals surface area (Å²) >= 11 is 5.81. The zero-order chi connectivity index (χ0) is 20.5. The predicted molar refractivity (Wildman–Crippen MR) is 90.2 cm³/mol. The third-order valence-corrected chi connectivity index (χ3v) is 3.52. The van der Waals surface area contributed by atoms with Gasteiger partial charge in [0.15, 0.2) is 5.82 Å². The van der Waals surface area contributed by atoms with Gasteiger partial charge in [-0.15, -0.1) is 0 Å².